The maximum Gasteiger partial charge on any atom is 0.410 e. The van der Waals surface area contributed by atoms with Crippen LogP contribution in [0, 0.1) is 30.5 Å². The number of carbonyl (C=O) groups is 8. The number of aromatic nitrogens is 2. The van der Waals surface area contributed by atoms with Crippen molar-refractivity contribution in [2.24, 2.45) is 23.5 Å². The van der Waals surface area contributed by atoms with Gasteiger partial charge in [0.25, 0.3) is 17.7 Å². The molecular weight excluding hydrogens is 1060 g/mol. The maximum absolute atomic E-state index is 16.4. The van der Waals surface area contributed by atoms with Gasteiger partial charge in [-0.15, -0.1) is 0 Å². The number of nitrogens with two attached hydrogens (primary N) is 1. The number of piperidine rings is 1. The summed E-state index contributed by atoms with van der Waals surface area (Å²) in [5.41, 5.74) is 8.42. The van der Waals surface area contributed by atoms with Crippen LogP contribution in [0.25, 0.3) is 11.3 Å². The summed E-state index contributed by atoms with van der Waals surface area (Å²) in [5, 5.41) is 22.6. The number of nitrogens with one attached hydrogen (secondary N) is 4. The zero-order chi connectivity index (χ0) is 58.6. The molecule has 0 saturated carbocycles. The molecule has 0 bridgehead atoms. The van der Waals surface area contributed by atoms with Crippen LogP contribution in [0.2, 0.25) is 0 Å². The molecule has 8 rings (SSSR count). The van der Waals surface area contributed by atoms with Crippen molar-refractivity contribution in [3.05, 3.63) is 119 Å². The minimum absolute atomic E-state index is 0.0763. The van der Waals surface area contributed by atoms with Crippen LogP contribution in [0.3, 0.4) is 0 Å². The van der Waals surface area contributed by atoms with Gasteiger partial charge in [-0.05, 0) is 92.7 Å². The number of unbranched alkanes of at least 4 members (excludes halogenated alkanes) is 2. The van der Waals surface area contributed by atoms with Gasteiger partial charge in [-0.3, -0.25) is 38.6 Å². The van der Waals surface area contributed by atoms with Crippen molar-refractivity contribution in [1.82, 2.24) is 40.2 Å². The number of fused-ring (bicyclic) bond motifs is 1. The van der Waals surface area contributed by atoms with Crippen LogP contribution in [0.1, 0.15) is 93.8 Å². The second-order valence-electron chi connectivity index (χ2n) is 21.7. The molecule has 7 unspecified atom stereocenters. The third kappa shape index (κ3) is 14.9. The van der Waals surface area contributed by atoms with Crippen LogP contribution in [0.15, 0.2) is 91.1 Å². The van der Waals surface area contributed by atoms with Crippen LogP contribution < -0.4 is 27.0 Å². The summed E-state index contributed by atoms with van der Waals surface area (Å²) >= 11 is 0. The average Bonchev–Trinajstić information content (AvgIpc) is 4.02. The molecule has 438 valence electrons. The highest BCUT2D eigenvalue weighted by atomic mass is 19.1. The molecule has 1 aromatic heterocycles. The van der Waals surface area contributed by atoms with Crippen LogP contribution in [0.5, 0.6) is 0 Å². The molecule has 4 aliphatic heterocycles. The maximum atomic E-state index is 16.4. The van der Waals surface area contributed by atoms with Gasteiger partial charge in [-0.25, -0.2) is 23.4 Å². The molecule has 9 amide bonds. The molecule has 4 aromatic rings. The van der Waals surface area contributed by atoms with E-state index in [0.717, 1.165) is 20.9 Å². The second kappa shape index (κ2) is 27.6. The summed E-state index contributed by atoms with van der Waals surface area (Å²) < 4.78 is 45.2. The fraction of sp³-hybridized carbons (Fsp3) is 0.475. The first-order chi connectivity index (χ1) is 39.4. The number of imidazole rings is 1. The van der Waals surface area contributed by atoms with E-state index in [1.807, 2.05) is 41.8 Å². The summed E-state index contributed by atoms with van der Waals surface area (Å²) in [7, 11) is 0. The Hall–Kier alpha value is -8.05. The first kappa shape index (κ1) is 60.1. The van der Waals surface area contributed by atoms with Gasteiger partial charge < -0.3 is 51.0 Å². The number of aliphatic hydroxyl groups excluding tert-OH is 1. The highest BCUT2D eigenvalue weighted by Crippen LogP contribution is 2.43. The highest BCUT2D eigenvalue weighted by molar-refractivity contribution is 6.12. The SMILES string of the molecule is Cc1ccc(F)c(-c2cn(Cc3ccccc3)c(C(C3CCOCC3)N3CC4C(F)CN(C(=O)OCc5ccc(NC(=O)C(CCCNC(N)=O)NC(=O)C(NC(=O)CCCCCN6C(=O)C=CC6=O)C(C)C)cc5)C4C(O)C3=O)n2)c1. The van der Waals surface area contributed by atoms with Gasteiger partial charge in [-0.2, -0.15) is 0 Å². The predicted molar refractivity (Wildman–Crippen MR) is 296 cm³/mol. The molecule has 5 heterocycles. The number of anilines is 1. The fourth-order valence-corrected chi connectivity index (χ4v) is 11.1. The topological polar surface area (TPSA) is 277 Å². The molecule has 0 aliphatic carbocycles. The highest BCUT2D eigenvalue weighted by Gasteiger charge is 2.57. The second-order valence-corrected chi connectivity index (χ2v) is 21.7. The Morgan fingerprint density at radius 2 is 1.60 bits per heavy atom. The van der Waals surface area contributed by atoms with E-state index in [1.165, 1.54) is 23.1 Å². The molecule has 23 heteroatoms. The average molecular weight is 1140 g/mol. The number of carbonyl (C=O) groups excluding carboxylic acids is 8. The lowest BCUT2D eigenvalue weighted by molar-refractivity contribution is -0.157. The Kier molecular flexibility index (Phi) is 20.2. The molecule has 3 saturated heterocycles. The van der Waals surface area contributed by atoms with Gasteiger partial charge in [-0.1, -0.05) is 74.4 Å². The van der Waals surface area contributed by atoms with Crippen molar-refractivity contribution in [2.45, 2.75) is 122 Å². The van der Waals surface area contributed by atoms with Crippen molar-refractivity contribution in [1.29, 1.82) is 0 Å². The first-order valence-electron chi connectivity index (χ1n) is 27.9. The number of imide groups is 1. The predicted octanol–water partition coefficient (Wildman–Crippen LogP) is 5.19. The summed E-state index contributed by atoms with van der Waals surface area (Å²) in [5.74, 6) is -4.67. The van der Waals surface area contributed by atoms with E-state index >= 15 is 8.78 Å². The van der Waals surface area contributed by atoms with Crippen molar-refractivity contribution >= 4 is 53.3 Å². The standard InChI is InChI=1S/C59H72F2N10O11/c1-35(2)50(67-47(72)14-8-5-9-26-69-48(73)21-22-49(69)74)56(77)66-45(13-10-25-63-58(62)79)55(76)64-40-18-16-38(17-19-40)34-82-59(80)71-32-44(61)42-31-70(57(78)53(75)52(42)71)51(39-23-27-81-28-24-39)54-65-46(41-29-36(3)15-20-43(41)60)33-68(54)30-37-11-6-4-7-12-37/h4,6-7,11-12,15-22,29,33,35,39,42,44-45,50-53,75H,5,8-10,13-14,23-28,30-32,34H2,1-3H3,(H,64,76)(H,66,77)(H,67,72)(H3,62,63,79). The van der Waals surface area contributed by atoms with Crippen LogP contribution >= 0.6 is 0 Å². The number of likely N-dealkylation sites (tertiary alicyclic amines) is 2. The van der Waals surface area contributed by atoms with Crippen LogP contribution in [0.4, 0.5) is 24.1 Å². The van der Waals surface area contributed by atoms with E-state index in [0.29, 0.717) is 74.6 Å². The summed E-state index contributed by atoms with van der Waals surface area (Å²) in [6.07, 6.45) is 2.76. The molecular formula is C59H72F2N10O11. The fourth-order valence-electron chi connectivity index (χ4n) is 11.1. The number of nitrogens with zero attached hydrogens (tertiary/aromatic N) is 5. The van der Waals surface area contributed by atoms with Crippen molar-refractivity contribution in [3.63, 3.8) is 0 Å². The number of alkyl halides is 1. The number of benzene rings is 3. The lowest BCUT2D eigenvalue weighted by Gasteiger charge is -2.46. The van der Waals surface area contributed by atoms with Crippen LogP contribution in [-0.2, 0) is 51.4 Å². The van der Waals surface area contributed by atoms with Crippen molar-refractivity contribution < 1.29 is 61.7 Å². The Balaban J connectivity index is 0.892. The van der Waals surface area contributed by atoms with Gasteiger partial charge in [0.05, 0.1) is 24.3 Å². The number of hydrogen-bond donors (Lipinski definition) is 6. The molecule has 7 N–H and O–H groups in total. The number of aliphatic hydroxyl groups is 1. The molecule has 82 heavy (non-hydrogen) atoms. The van der Waals surface area contributed by atoms with Gasteiger partial charge in [0.1, 0.15) is 36.5 Å². The number of aryl methyl sites for hydroxylation is 1. The lowest BCUT2D eigenvalue weighted by Crippen LogP contribution is -2.61. The number of primary amides is 1. The molecule has 21 nitrogen and oxygen atoms in total. The Morgan fingerprint density at radius 3 is 2.29 bits per heavy atom. The minimum Gasteiger partial charge on any atom is -0.445 e. The zero-order valence-corrected chi connectivity index (χ0v) is 46.3. The normalized spacial score (nSPS) is 20.1. The molecule has 3 aromatic carbocycles. The van der Waals surface area contributed by atoms with Crippen molar-refractivity contribution in [2.75, 3.05) is 44.7 Å². The molecule has 3 fully saturated rings. The van der Waals surface area contributed by atoms with Crippen molar-refractivity contribution in [3.8, 4) is 11.3 Å². The number of hydrogen-bond acceptors (Lipinski definition) is 12. The lowest BCUT2D eigenvalue weighted by atomic mass is 9.84. The van der Waals surface area contributed by atoms with Gasteiger partial charge in [0.2, 0.25) is 17.7 Å². The summed E-state index contributed by atoms with van der Waals surface area (Å²) in [6, 6.07) is 15.7. The van der Waals surface area contributed by atoms with Gasteiger partial charge in [0.15, 0.2) is 6.10 Å². The third-order valence-corrected chi connectivity index (χ3v) is 15.5. The minimum atomic E-state index is -1.82. The number of urea groups is 1. The number of rotatable bonds is 24. The Morgan fingerprint density at radius 1 is 0.878 bits per heavy atom. The van der Waals surface area contributed by atoms with Crippen LogP contribution in [-0.4, -0.2) is 147 Å². The van der Waals surface area contributed by atoms with Gasteiger partial charge >= 0.3 is 12.1 Å². The molecule has 7 atom stereocenters. The largest absolute Gasteiger partial charge is 0.445 e. The van der Waals surface area contributed by atoms with E-state index in [2.05, 4.69) is 21.3 Å². The summed E-state index contributed by atoms with van der Waals surface area (Å²) in [6.45, 7) is 5.94. The van der Waals surface area contributed by atoms with E-state index < -0.39 is 90.5 Å². The summed E-state index contributed by atoms with van der Waals surface area (Å²) in [4.78, 5) is 113. The number of ether oxygens (including phenoxy) is 2. The smallest absolute Gasteiger partial charge is 0.410 e. The van der Waals surface area contributed by atoms with E-state index in [9.17, 15) is 43.5 Å². The molecule has 0 spiro atoms. The molecule has 4 aliphatic rings. The Labute approximate surface area is 474 Å². The van der Waals surface area contributed by atoms with Gasteiger partial charge in [0, 0.05) is 81.3 Å². The van der Waals surface area contributed by atoms with E-state index in [-0.39, 0.29) is 74.7 Å². The first-order valence-corrected chi connectivity index (χ1v) is 27.9. The number of amides is 9. The molecule has 0 radical (unpaired) electrons. The van der Waals surface area contributed by atoms with E-state index in [4.69, 9.17) is 20.2 Å². The quantitative estimate of drug-likeness (QED) is 0.0391. The van der Waals surface area contributed by atoms with E-state index in [1.54, 1.807) is 56.4 Å². The third-order valence-electron chi connectivity index (χ3n) is 15.5. The number of halogens is 2. The monoisotopic (exact) mass is 1130 g/mol. The zero-order valence-electron chi connectivity index (χ0n) is 46.3. The Bertz CT molecular complexity index is 2970.